The SMILES string of the molecule is O=C(NCc1ccc(S(=O)(=O)Cl)s1)c1ccc(I)cc1. The lowest BCUT2D eigenvalue weighted by Crippen LogP contribution is -2.22. The van der Waals surface area contributed by atoms with Gasteiger partial charge in [-0.3, -0.25) is 4.79 Å². The molecule has 1 N–H and O–H groups in total. The highest BCUT2D eigenvalue weighted by atomic mass is 127. The lowest BCUT2D eigenvalue weighted by Gasteiger charge is -2.03. The Kier molecular flexibility index (Phi) is 5.05. The molecule has 0 unspecified atom stereocenters. The van der Waals surface area contributed by atoms with E-state index in [4.69, 9.17) is 10.7 Å². The summed E-state index contributed by atoms with van der Waals surface area (Å²) in [4.78, 5) is 12.6. The number of carbonyl (C=O) groups is 1. The zero-order valence-corrected chi connectivity index (χ0v) is 14.5. The van der Waals surface area contributed by atoms with Crippen molar-refractivity contribution >= 4 is 59.6 Å². The van der Waals surface area contributed by atoms with Gasteiger partial charge < -0.3 is 5.32 Å². The molecule has 0 atom stereocenters. The van der Waals surface area contributed by atoms with Gasteiger partial charge in [0.05, 0.1) is 6.54 Å². The predicted octanol–water partition coefficient (Wildman–Crippen LogP) is 3.21. The quantitative estimate of drug-likeness (QED) is 0.585. The minimum Gasteiger partial charge on any atom is -0.347 e. The van der Waals surface area contributed by atoms with Crippen LogP contribution in [0.2, 0.25) is 0 Å². The highest BCUT2D eigenvalue weighted by Gasteiger charge is 2.13. The number of thiophene rings is 1. The summed E-state index contributed by atoms with van der Waals surface area (Å²) in [5.41, 5.74) is 0.562. The Bertz CT molecular complexity index is 725. The van der Waals surface area contributed by atoms with Gasteiger partial charge in [0.1, 0.15) is 4.21 Å². The number of hydrogen-bond acceptors (Lipinski definition) is 4. The number of halogens is 2. The van der Waals surface area contributed by atoms with Crippen LogP contribution >= 0.6 is 44.6 Å². The molecule has 0 bridgehead atoms. The molecule has 0 saturated heterocycles. The van der Waals surface area contributed by atoms with Gasteiger partial charge in [0.2, 0.25) is 0 Å². The second-order valence-electron chi connectivity index (χ2n) is 3.85. The van der Waals surface area contributed by atoms with Crippen molar-refractivity contribution in [2.75, 3.05) is 0 Å². The molecule has 20 heavy (non-hydrogen) atoms. The van der Waals surface area contributed by atoms with E-state index in [1.165, 1.54) is 6.07 Å². The Morgan fingerprint density at radius 2 is 1.85 bits per heavy atom. The Labute approximate surface area is 138 Å². The van der Waals surface area contributed by atoms with E-state index in [0.29, 0.717) is 5.56 Å². The van der Waals surface area contributed by atoms with Crippen LogP contribution < -0.4 is 5.32 Å². The maximum atomic E-state index is 11.9. The van der Waals surface area contributed by atoms with Crippen molar-refractivity contribution in [2.45, 2.75) is 10.8 Å². The second-order valence-corrected chi connectivity index (χ2v) is 9.05. The number of amides is 1. The average molecular weight is 442 g/mol. The van der Waals surface area contributed by atoms with Gasteiger partial charge in [-0.25, -0.2) is 8.42 Å². The van der Waals surface area contributed by atoms with Gasteiger partial charge in [0, 0.05) is 24.7 Å². The minimum absolute atomic E-state index is 0.0812. The number of benzene rings is 1. The lowest BCUT2D eigenvalue weighted by atomic mass is 10.2. The third-order valence-electron chi connectivity index (χ3n) is 2.41. The standard InChI is InChI=1S/C12H9ClINO3S2/c13-20(17,18)11-6-5-10(19-11)7-15-12(16)8-1-3-9(14)4-2-8/h1-6H,7H2,(H,15,16). The molecule has 2 rings (SSSR count). The summed E-state index contributed by atoms with van der Waals surface area (Å²) in [5, 5.41) is 2.73. The molecule has 2 aromatic rings. The zero-order chi connectivity index (χ0) is 14.8. The molecular weight excluding hydrogens is 433 g/mol. The molecule has 0 radical (unpaired) electrons. The Balaban J connectivity index is 2.00. The molecular formula is C12H9ClINO3S2. The molecule has 4 nitrogen and oxygen atoms in total. The van der Waals surface area contributed by atoms with Crippen LogP contribution in [0, 0.1) is 3.57 Å². The maximum absolute atomic E-state index is 11.9. The molecule has 1 aromatic carbocycles. The summed E-state index contributed by atoms with van der Waals surface area (Å²) in [5.74, 6) is -0.204. The fraction of sp³-hybridized carbons (Fsp3) is 0.0833. The summed E-state index contributed by atoms with van der Waals surface area (Å²) >= 11 is 3.20. The number of carbonyl (C=O) groups excluding carboxylic acids is 1. The van der Waals surface area contributed by atoms with Gasteiger partial charge in [-0.1, -0.05) is 0 Å². The number of nitrogens with one attached hydrogen (secondary N) is 1. The van der Waals surface area contributed by atoms with E-state index in [2.05, 4.69) is 27.9 Å². The topological polar surface area (TPSA) is 63.2 Å². The van der Waals surface area contributed by atoms with E-state index in [9.17, 15) is 13.2 Å². The average Bonchev–Trinajstić information content (AvgIpc) is 2.85. The van der Waals surface area contributed by atoms with Gasteiger partial charge >= 0.3 is 0 Å². The van der Waals surface area contributed by atoms with Crippen LogP contribution in [0.1, 0.15) is 15.2 Å². The summed E-state index contributed by atoms with van der Waals surface area (Å²) < 4.78 is 23.4. The normalized spacial score (nSPS) is 11.3. The molecule has 106 valence electrons. The van der Waals surface area contributed by atoms with Crippen LogP contribution in [0.15, 0.2) is 40.6 Å². The second kappa shape index (κ2) is 6.42. The van der Waals surface area contributed by atoms with E-state index >= 15 is 0 Å². The molecule has 0 aliphatic carbocycles. The highest BCUT2D eigenvalue weighted by Crippen LogP contribution is 2.24. The summed E-state index contributed by atoms with van der Waals surface area (Å²) in [7, 11) is 1.54. The molecule has 1 amide bonds. The third kappa shape index (κ3) is 4.18. The molecule has 0 saturated carbocycles. The smallest absolute Gasteiger partial charge is 0.270 e. The molecule has 0 spiro atoms. The van der Waals surface area contributed by atoms with Crippen molar-refractivity contribution in [3.63, 3.8) is 0 Å². The van der Waals surface area contributed by atoms with Crippen molar-refractivity contribution in [1.29, 1.82) is 0 Å². The van der Waals surface area contributed by atoms with Crippen LogP contribution in [0.3, 0.4) is 0 Å². The molecule has 0 aliphatic rings. The van der Waals surface area contributed by atoms with E-state index in [0.717, 1.165) is 19.8 Å². The lowest BCUT2D eigenvalue weighted by molar-refractivity contribution is 0.0951. The van der Waals surface area contributed by atoms with Crippen LogP contribution in [-0.4, -0.2) is 14.3 Å². The largest absolute Gasteiger partial charge is 0.347 e. The van der Waals surface area contributed by atoms with Crippen molar-refractivity contribution in [3.05, 3.63) is 50.4 Å². The van der Waals surface area contributed by atoms with Crippen LogP contribution in [0.4, 0.5) is 0 Å². The van der Waals surface area contributed by atoms with E-state index in [-0.39, 0.29) is 16.7 Å². The molecule has 0 aliphatic heterocycles. The van der Waals surface area contributed by atoms with E-state index in [1.54, 1.807) is 18.2 Å². The van der Waals surface area contributed by atoms with Crippen LogP contribution in [0.25, 0.3) is 0 Å². The summed E-state index contributed by atoms with van der Waals surface area (Å²) in [6.45, 7) is 0.266. The fourth-order valence-electron chi connectivity index (χ4n) is 1.46. The first-order valence-corrected chi connectivity index (χ1v) is 9.64. The van der Waals surface area contributed by atoms with E-state index in [1.807, 2.05) is 12.1 Å². The number of rotatable bonds is 4. The van der Waals surface area contributed by atoms with Gasteiger partial charge in [0.25, 0.3) is 15.0 Å². The molecule has 1 heterocycles. The van der Waals surface area contributed by atoms with Crippen molar-refractivity contribution in [1.82, 2.24) is 5.32 Å². The third-order valence-corrected chi connectivity index (χ3v) is 6.30. The maximum Gasteiger partial charge on any atom is 0.270 e. The van der Waals surface area contributed by atoms with Crippen molar-refractivity contribution in [3.8, 4) is 0 Å². The fourth-order valence-corrected chi connectivity index (χ4v) is 3.88. The van der Waals surface area contributed by atoms with E-state index < -0.39 is 9.05 Å². The monoisotopic (exact) mass is 441 g/mol. The Morgan fingerprint density at radius 1 is 1.20 bits per heavy atom. The first-order chi connectivity index (χ1) is 9.36. The minimum atomic E-state index is -3.70. The zero-order valence-electron chi connectivity index (χ0n) is 9.97. The number of hydrogen-bond donors (Lipinski definition) is 1. The Hall–Kier alpha value is -0.640. The summed E-state index contributed by atoms with van der Waals surface area (Å²) in [6.07, 6.45) is 0. The molecule has 0 fully saturated rings. The first kappa shape index (κ1) is 15.7. The van der Waals surface area contributed by atoms with Crippen LogP contribution in [0.5, 0.6) is 0 Å². The van der Waals surface area contributed by atoms with Gasteiger partial charge in [-0.05, 0) is 59.0 Å². The first-order valence-electron chi connectivity index (χ1n) is 5.43. The van der Waals surface area contributed by atoms with Gasteiger partial charge in [-0.2, -0.15) is 0 Å². The molecule has 1 aromatic heterocycles. The summed E-state index contributed by atoms with van der Waals surface area (Å²) in [6, 6.07) is 10.2. The highest BCUT2D eigenvalue weighted by molar-refractivity contribution is 14.1. The van der Waals surface area contributed by atoms with Gasteiger partial charge in [-0.15, -0.1) is 11.3 Å². The Morgan fingerprint density at radius 3 is 2.40 bits per heavy atom. The predicted molar refractivity (Wildman–Crippen MR) is 87.7 cm³/mol. The van der Waals surface area contributed by atoms with Crippen LogP contribution in [-0.2, 0) is 15.6 Å². The van der Waals surface area contributed by atoms with Gasteiger partial charge in [0.15, 0.2) is 0 Å². The van der Waals surface area contributed by atoms with Crippen molar-refractivity contribution in [2.24, 2.45) is 0 Å². The van der Waals surface area contributed by atoms with Crippen molar-refractivity contribution < 1.29 is 13.2 Å². The molecule has 8 heteroatoms.